The van der Waals surface area contributed by atoms with Crippen molar-refractivity contribution in [2.24, 2.45) is 0 Å². The highest BCUT2D eigenvalue weighted by Crippen LogP contribution is 2.12. The quantitative estimate of drug-likeness (QED) is 0.146. The molecule has 1 aromatic carbocycles. The van der Waals surface area contributed by atoms with Crippen LogP contribution >= 0.6 is 0 Å². The maximum absolute atomic E-state index is 13.2. The highest BCUT2D eigenvalue weighted by atomic mass is 16.4. The summed E-state index contributed by atoms with van der Waals surface area (Å²) in [6.45, 7) is 0.644. The monoisotopic (exact) mass is 544 g/mol. The second-order valence-electron chi connectivity index (χ2n) is 9.25. The molecule has 3 rings (SSSR count). The molecule has 8 N–H and O–H groups in total. The molecule has 0 radical (unpaired) electrons. The van der Waals surface area contributed by atoms with Crippen LogP contribution in [0.3, 0.4) is 0 Å². The van der Waals surface area contributed by atoms with E-state index in [9.17, 15) is 34.2 Å². The smallest absolute Gasteiger partial charge is 0.326 e. The number of H-pyrrole nitrogens is 1. The molecule has 210 valence electrons. The molecule has 1 aliphatic rings. The van der Waals surface area contributed by atoms with Crippen molar-refractivity contribution in [3.05, 3.63) is 48.0 Å². The summed E-state index contributed by atoms with van der Waals surface area (Å²) in [5, 5.41) is 38.8. The van der Waals surface area contributed by atoms with Gasteiger partial charge in [0.15, 0.2) is 0 Å². The molecule has 2 heterocycles. The number of aromatic nitrogens is 2. The van der Waals surface area contributed by atoms with Crippen molar-refractivity contribution >= 4 is 29.7 Å². The molecule has 1 aromatic heterocycles. The lowest BCUT2D eigenvalue weighted by Crippen LogP contribution is -2.57. The maximum Gasteiger partial charge on any atom is 0.326 e. The summed E-state index contributed by atoms with van der Waals surface area (Å²) in [7, 11) is 0. The highest BCUT2D eigenvalue weighted by molar-refractivity contribution is 5.94. The predicted octanol–water partition coefficient (Wildman–Crippen LogP) is -0.944. The number of phenolic OH excluding ortho intramolecular Hbond substituents is 1. The molecule has 3 amide bonds. The minimum absolute atomic E-state index is 0.00486. The van der Waals surface area contributed by atoms with E-state index in [1.165, 1.54) is 36.8 Å². The van der Waals surface area contributed by atoms with Gasteiger partial charge in [0.25, 0.3) is 0 Å². The van der Waals surface area contributed by atoms with Gasteiger partial charge in [0, 0.05) is 31.2 Å². The molecule has 0 bridgehead atoms. The Hall–Kier alpha value is -4.46. The highest BCUT2D eigenvalue weighted by Gasteiger charge is 2.32. The molecular weight excluding hydrogens is 512 g/mol. The summed E-state index contributed by atoms with van der Waals surface area (Å²) in [4.78, 5) is 68.8. The molecule has 14 nitrogen and oxygen atoms in total. The van der Waals surface area contributed by atoms with E-state index in [1.807, 2.05) is 0 Å². The SMILES string of the molecule is O=C(O)CCC(NC(=O)C1CCCN1)C(=O)NC(Cc1cnc[nH]1)C(=O)NC(Cc1ccc(O)cc1)C(=O)O. The van der Waals surface area contributed by atoms with Gasteiger partial charge in [-0.25, -0.2) is 9.78 Å². The molecule has 39 heavy (non-hydrogen) atoms. The topological polar surface area (TPSA) is 223 Å². The average Bonchev–Trinajstić information content (AvgIpc) is 3.61. The fraction of sp³-hybridized carbons (Fsp3) is 0.440. The molecule has 0 spiro atoms. The number of aromatic hydroxyl groups is 1. The number of aromatic amines is 1. The van der Waals surface area contributed by atoms with E-state index in [2.05, 4.69) is 31.2 Å². The number of benzene rings is 1. The summed E-state index contributed by atoms with van der Waals surface area (Å²) in [6, 6.07) is 1.47. The lowest BCUT2D eigenvalue weighted by Gasteiger charge is -2.25. The standard InChI is InChI=1S/C25H32N6O8/c32-16-5-3-14(4-6-16)10-20(25(38)39)31-24(37)19(11-15-12-26-13-28-15)30-23(36)18(7-8-21(33)34)29-22(35)17-2-1-9-27-17/h3-6,12-13,17-20,27,32H,1-2,7-11H2,(H,26,28)(H,29,35)(H,30,36)(H,31,37)(H,33,34)(H,38,39). The van der Waals surface area contributed by atoms with Crippen LogP contribution in [-0.2, 0) is 36.8 Å². The Morgan fingerprint density at radius 1 is 0.949 bits per heavy atom. The zero-order valence-electron chi connectivity index (χ0n) is 21.1. The normalized spacial score (nSPS) is 17.0. The summed E-state index contributed by atoms with van der Waals surface area (Å²) in [6.07, 6.45) is 3.39. The van der Waals surface area contributed by atoms with Crippen LogP contribution in [-0.4, -0.2) is 85.7 Å². The Bertz CT molecular complexity index is 1150. The zero-order valence-corrected chi connectivity index (χ0v) is 21.1. The van der Waals surface area contributed by atoms with Crippen LogP contribution in [0.15, 0.2) is 36.8 Å². The van der Waals surface area contributed by atoms with Gasteiger partial charge in [0.2, 0.25) is 17.7 Å². The van der Waals surface area contributed by atoms with Crippen LogP contribution in [0.4, 0.5) is 0 Å². The van der Waals surface area contributed by atoms with Gasteiger partial charge in [-0.2, -0.15) is 0 Å². The first-order valence-corrected chi connectivity index (χ1v) is 12.5. The second kappa shape index (κ2) is 13.9. The van der Waals surface area contributed by atoms with Gasteiger partial charge in [-0.15, -0.1) is 0 Å². The summed E-state index contributed by atoms with van der Waals surface area (Å²) >= 11 is 0. The van der Waals surface area contributed by atoms with Gasteiger partial charge in [-0.05, 0) is 43.5 Å². The van der Waals surface area contributed by atoms with E-state index in [1.54, 1.807) is 0 Å². The van der Waals surface area contributed by atoms with Crippen LogP contribution in [0.1, 0.15) is 36.9 Å². The average molecular weight is 545 g/mol. The van der Waals surface area contributed by atoms with Crippen LogP contribution < -0.4 is 21.3 Å². The van der Waals surface area contributed by atoms with Crippen molar-refractivity contribution in [2.75, 3.05) is 6.54 Å². The van der Waals surface area contributed by atoms with Gasteiger partial charge in [-0.1, -0.05) is 12.1 Å². The lowest BCUT2D eigenvalue weighted by atomic mass is 10.0. The number of rotatable bonds is 14. The van der Waals surface area contributed by atoms with Gasteiger partial charge in [0.05, 0.1) is 12.4 Å². The van der Waals surface area contributed by atoms with E-state index < -0.39 is 60.2 Å². The fourth-order valence-corrected chi connectivity index (χ4v) is 4.16. The van der Waals surface area contributed by atoms with E-state index in [0.29, 0.717) is 24.2 Å². The Labute approximate surface area is 223 Å². The third-order valence-electron chi connectivity index (χ3n) is 6.26. The second-order valence-corrected chi connectivity index (χ2v) is 9.25. The van der Waals surface area contributed by atoms with Crippen molar-refractivity contribution in [1.29, 1.82) is 0 Å². The van der Waals surface area contributed by atoms with Crippen LogP contribution in [0.5, 0.6) is 5.75 Å². The molecule has 0 aliphatic carbocycles. The summed E-state index contributed by atoms with van der Waals surface area (Å²) < 4.78 is 0. The van der Waals surface area contributed by atoms with E-state index >= 15 is 0 Å². The number of carboxylic acid groups (broad SMARTS) is 2. The molecular formula is C25H32N6O8. The van der Waals surface area contributed by atoms with E-state index in [4.69, 9.17) is 5.11 Å². The molecule has 1 saturated heterocycles. The number of aliphatic carboxylic acids is 2. The van der Waals surface area contributed by atoms with E-state index in [0.717, 1.165) is 6.42 Å². The molecule has 2 aromatic rings. The number of nitrogens with zero attached hydrogens (tertiary/aromatic N) is 1. The van der Waals surface area contributed by atoms with Crippen molar-refractivity contribution in [2.45, 2.75) is 62.7 Å². The Morgan fingerprint density at radius 2 is 1.64 bits per heavy atom. The van der Waals surface area contributed by atoms with Gasteiger partial charge < -0.3 is 41.6 Å². The Kier molecular flexibility index (Phi) is 10.4. The Balaban J connectivity index is 1.75. The van der Waals surface area contributed by atoms with Gasteiger partial charge in [0.1, 0.15) is 23.9 Å². The number of amides is 3. The third-order valence-corrected chi connectivity index (χ3v) is 6.26. The van der Waals surface area contributed by atoms with Crippen LogP contribution in [0.2, 0.25) is 0 Å². The molecule has 0 saturated carbocycles. The largest absolute Gasteiger partial charge is 0.508 e. The third kappa shape index (κ3) is 9.10. The zero-order chi connectivity index (χ0) is 28.4. The van der Waals surface area contributed by atoms with Crippen LogP contribution in [0.25, 0.3) is 0 Å². The number of hydrogen-bond donors (Lipinski definition) is 8. The molecule has 4 unspecified atom stereocenters. The fourth-order valence-electron chi connectivity index (χ4n) is 4.16. The number of hydrogen-bond acceptors (Lipinski definition) is 8. The molecule has 14 heteroatoms. The van der Waals surface area contributed by atoms with E-state index in [-0.39, 0.29) is 25.0 Å². The van der Waals surface area contributed by atoms with Crippen molar-refractivity contribution < 1.29 is 39.3 Å². The molecule has 4 atom stereocenters. The summed E-state index contributed by atoms with van der Waals surface area (Å²) in [5.74, 6) is -4.50. The molecule has 1 fully saturated rings. The van der Waals surface area contributed by atoms with Crippen molar-refractivity contribution in [3.63, 3.8) is 0 Å². The van der Waals surface area contributed by atoms with Crippen LogP contribution in [0, 0.1) is 0 Å². The first-order chi connectivity index (χ1) is 18.6. The Morgan fingerprint density at radius 3 is 2.23 bits per heavy atom. The summed E-state index contributed by atoms with van der Waals surface area (Å²) in [5.41, 5.74) is 1.02. The first-order valence-electron chi connectivity index (χ1n) is 12.5. The number of phenols is 1. The number of nitrogens with one attached hydrogen (secondary N) is 5. The number of imidazole rings is 1. The van der Waals surface area contributed by atoms with Gasteiger partial charge in [-0.3, -0.25) is 19.2 Å². The molecule has 1 aliphatic heterocycles. The van der Waals surface area contributed by atoms with Gasteiger partial charge >= 0.3 is 11.9 Å². The lowest BCUT2D eigenvalue weighted by molar-refractivity contribution is -0.142. The maximum atomic E-state index is 13.2. The van der Waals surface area contributed by atoms with Crippen molar-refractivity contribution in [3.8, 4) is 5.75 Å². The predicted molar refractivity (Wildman–Crippen MR) is 135 cm³/mol. The minimum atomic E-state index is -1.35. The minimum Gasteiger partial charge on any atom is -0.508 e. The first kappa shape index (κ1) is 29.1. The number of carbonyl (C=O) groups excluding carboxylic acids is 3. The number of carboxylic acids is 2. The van der Waals surface area contributed by atoms with Crippen molar-refractivity contribution in [1.82, 2.24) is 31.2 Å². The number of carbonyl (C=O) groups is 5.